The predicted octanol–water partition coefficient (Wildman–Crippen LogP) is 9.38. The molecule has 0 aromatic carbocycles. The average molecular weight is 697 g/mol. The number of carbonyl (C=O) groups excluding carboxylic acids is 2. The monoisotopic (exact) mass is 696 g/mol. The number of pyridine rings is 1. The third-order valence-electron chi connectivity index (χ3n) is 16.9. The summed E-state index contributed by atoms with van der Waals surface area (Å²) in [5, 5.41) is 4.31. The third kappa shape index (κ3) is 4.92. The van der Waals surface area contributed by atoms with Gasteiger partial charge in [-0.15, -0.1) is 0 Å². The number of allylic oxidation sites excluding steroid dienone is 1. The van der Waals surface area contributed by atoms with Gasteiger partial charge in [-0.2, -0.15) is 4.98 Å². The van der Waals surface area contributed by atoms with E-state index in [-0.39, 0.29) is 45.2 Å². The fourth-order valence-corrected chi connectivity index (χ4v) is 14.4. The lowest BCUT2D eigenvalue weighted by molar-refractivity contribution is -0.249. The predicted molar refractivity (Wildman–Crippen MR) is 196 cm³/mol. The summed E-state index contributed by atoms with van der Waals surface area (Å²) >= 11 is 0. The second-order valence-electron chi connectivity index (χ2n) is 19.2. The molecule has 0 N–H and O–H groups in total. The zero-order valence-electron chi connectivity index (χ0n) is 32.2. The van der Waals surface area contributed by atoms with E-state index in [0.29, 0.717) is 47.2 Å². The Bertz CT molecular complexity index is 1700. The number of carbonyl (C=O) groups is 2. The lowest BCUT2D eigenvalue weighted by Gasteiger charge is -2.73. The van der Waals surface area contributed by atoms with E-state index in [4.69, 9.17) is 14.2 Å². The van der Waals surface area contributed by atoms with Gasteiger partial charge in [0, 0.05) is 36.8 Å². The zero-order chi connectivity index (χ0) is 36.1. The molecule has 5 aliphatic carbocycles. The smallest absolute Gasteiger partial charge is 0.302 e. The standard InChI is InChI=1S/C43H60N4O4/c1-26(2)29-15-20-43(38(49)47-24-10-12-31(47)37-45-36(46-51-37)28-11-9-23-44-25-28)22-21-41(7)30(35(29)43)13-14-33-40(6)18-17-34(50-27(3)48)39(4,5)32(40)16-19-42(33,41)8/h9,11,23,25,29-35H,1,10,12-22,24H2,2-8H3. The van der Waals surface area contributed by atoms with E-state index < -0.39 is 0 Å². The van der Waals surface area contributed by atoms with Crippen LogP contribution in [0.3, 0.4) is 0 Å². The molecule has 11 atom stereocenters. The van der Waals surface area contributed by atoms with Crippen molar-refractivity contribution >= 4 is 11.9 Å². The maximum absolute atomic E-state index is 15.4. The van der Waals surface area contributed by atoms with Crippen molar-refractivity contribution in [2.45, 2.75) is 138 Å². The Morgan fingerprint density at radius 2 is 1.73 bits per heavy atom. The van der Waals surface area contributed by atoms with Crippen LogP contribution in [0.2, 0.25) is 0 Å². The van der Waals surface area contributed by atoms with Gasteiger partial charge in [0.05, 0.1) is 5.41 Å². The number of ether oxygens (including phenoxy) is 1. The summed E-state index contributed by atoms with van der Waals surface area (Å²) in [6, 6.07) is 3.63. The number of fused-ring (bicyclic) bond motifs is 7. The molecule has 1 amide bonds. The molecule has 6 fully saturated rings. The van der Waals surface area contributed by atoms with Crippen LogP contribution in [0, 0.1) is 56.7 Å². The molecule has 6 aliphatic rings. The molecule has 5 saturated carbocycles. The second-order valence-corrected chi connectivity index (χ2v) is 19.2. The van der Waals surface area contributed by atoms with Crippen molar-refractivity contribution in [2.24, 2.45) is 56.7 Å². The number of amides is 1. The van der Waals surface area contributed by atoms with Crippen LogP contribution in [0.25, 0.3) is 11.4 Å². The van der Waals surface area contributed by atoms with Crippen LogP contribution >= 0.6 is 0 Å². The van der Waals surface area contributed by atoms with E-state index in [1.807, 2.05) is 12.1 Å². The van der Waals surface area contributed by atoms with Crippen molar-refractivity contribution in [2.75, 3.05) is 6.54 Å². The van der Waals surface area contributed by atoms with E-state index in [1.165, 1.54) is 31.3 Å². The first-order valence-electron chi connectivity index (χ1n) is 20.0. The fourth-order valence-electron chi connectivity index (χ4n) is 14.4. The topological polar surface area (TPSA) is 98.4 Å². The summed E-state index contributed by atoms with van der Waals surface area (Å²) in [5.41, 5.74) is 2.18. The Labute approximate surface area is 305 Å². The minimum absolute atomic E-state index is 0.0102. The van der Waals surface area contributed by atoms with E-state index in [0.717, 1.165) is 63.5 Å². The molecule has 8 rings (SSSR count). The summed E-state index contributed by atoms with van der Waals surface area (Å²) in [4.78, 5) is 38.7. The second kappa shape index (κ2) is 12.0. The number of nitrogens with zero attached hydrogens (tertiary/aromatic N) is 4. The molecular weight excluding hydrogens is 636 g/mol. The SMILES string of the molecule is C=C(C)C1CCC2(C(=O)N3CCCC3c3nc(-c4cccnc4)no3)CCC3(C)C(CCC4C5(C)CCC(OC(C)=O)C(C)(C)C5CCC43C)C12. The van der Waals surface area contributed by atoms with Crippen molar-refractivity contribution in [3.8, 4) is 11.4 Å². The van der Waals surface area contributed by atoms with Gasteiger partial charge in [0.15, 0.2) is 0 Å². The summed E-state index contributed by atoms with van der Waals surface area (Å²) in [6.07, 6.45) is 16.2. The number of rotatable bonds is 5. The Kier molecular flexibility index (Phi) is 8.24. The first-order chi connectivity index (χ1) is 24.2. The lowest BCUT2D eigenvalue weighted by atomic mass is 9.32. The molecule has 2 aromatic heterocycles. The summed E-state index contributed by atoms with van der Waals surface area (Å²) < 4.78 is 11.9. The van der Waals surface area contributed by atoms with E-state index in [2.05, 4.69) is 63.2 Å². The Balaban J connectivity index is 1.11. The van der Waals surface area contributed by atoms with Crippen LogP contribution < -0.4 is 0 Å². The van der Waals surface area contributed by atoms with Crippen molar-refractivity contribution in [1.29, 1.82) is 0 Å². The van der Waals surface area contributed by atoms with Crippen LogP contribution in [0.1, 0.15) is 137 Å². The Hall–Kier alpha value is -3.03. The zero-order valence-corrected chi connectivity index (χ0v) is 32.2. The molecule has 1 aliphatic heterocycles. The van der Waals surface area contributed by atoms with Crippen LogP contribution in [-0.4, -0.2) is 44.5 Å². The van der Waals surface area contributed by atoms with Crippen LogP contribution in [0.4, 0.5) is 0 Å². The highest BCUT2D eigenvalue weighted by atomic mass is 16.5. The molecule has 0 bridgehead atoms. The molecule has 0 spiro atoms. The number of hydrogen-bond donors (Lipinski definition) is 0. The molecular formula is C43H60N4O4. The normalized spacial score (nSPS) is 42.6. The maximum atomic E-state index is 15.4. The Morgan fingerprint density at radius 1 is 0.922 bits per heavy atom. The van der Waals surface area contributed by atoms with Crippen molar-refractivity contribution in [1.82, 2.24) is 20.0 Å². The summed E-state index contributed by atoms with van der Waals surface area (Å²) in [5.74, 6) is 3.54. The minimum Gasteiger partial charge on any atom is -0.462 e. The van der Waals surface area contributed by atoms with Gasteiger partial charge in [-0.3, -0.25) is 14.6 Å². The molecule has 1 saturated heterocycles. The van der Waals surface area contributed by atoms with Gasteiger partial charge < -0.3 is 14.2 Å². The van der Waals surface area contributed by atoms with E-state index in [9.17, 15) is 4.79 Å². The first kappa shape index (κ1) is 35.0. The molecule has 8 heteroatoms. The van der Waals surface area contributed by atoms with Gasteiger partial charge in [-0.05, 0) is 142 Å². The van der Waals surface area contributed by atoms with Crippen LogP contribution in [0.15, 0.2) is 41.2 Å². The van der Waals surface area contributed by atoms with E-state index >= 15 is 4.79 Å². The highest BCUT2D eigenvalue weighted by Gasteiger charge is 2.72. The fraction of sp³-hybridized carbons (Fsp3) is 0.744. The van der Waals surface area contributed by atoms with Gasteiger partial charge in [0.1, 0.15) is 12.1 Å². The number of likely N-dealkylation sites (tertiary alicyclic amines) is 1. The minimum atomic E-state index is -0.378. The van der Waals surface area contributed by atoms with E-state index in [1.54, 1.807) is 19.3 Å². The number of hydrogen-bond acceptors (Lipinski definition) is 7. The molecule has 2 aromatic rings. The van der Waals surface area contributed by atoms with Crippen LogP contribution in [0.5, 0.6) is 0 Å². The molecule has 0 radical (unpaired) electrons. The molecule has 276 valence electrons. The van der Waals surface area contributed by atoms with Gasteiger partial charge >= 0.3 is 5.97 Å². The Morgan fingerprint density at radius 3 is 2.45 bits per heavy atom. The molecule has 8 nitrogen and oxygen atoms in total. The maximum Gasteiger partial charge on any atom is 0.302 e. The quantitative estimate of drug-likeness (QED) is 0.227. The summed E-state index contributed by atoms with van der Waals surface area (Å²) in [6.45, 7) is 21.7. The van der Waals surface area contributed by atoms with Crippen LogP contribution in [-0.2, 0) is 14.3 Å². The van der Waals surface area contributed by atoms with Gasteiger partial charge in [-0.1, -0.05) is 51.9 Å². The molecule has 51 heavy (non-hydrogen) atoms. The first-order valence-corrected chi connectivity index (χ1v) is 20.0. The number of esters is 1. The third-order valence-corrected chi connectivity index (χ3v) is 16.9. The number of aromatic nitrogens is 3. The van der Waals surface area contributed by atoms with Gasteiger partial charge in [0.25, 0.3) is 0 Å². The largest absolute Gasteiger partial charge is 0.462 e. The molecule has 3 heterocycles. The van der Waals surface area contributed by atoms with Crippen molar-refractivity contribution in [3.05, 3.63) is 42.6 Å². The lowest BCUT2D eigenvalue weighted by Crippen LogP contribution is -2.67. The molecule has 11 unspecified atom stereocenters. The average Bonchev–Trinajstić information content (AvgIpc) is 3.85. The highest BCUT2D eigenvalue weighted by molar-refractivity contribution is 5.84. The van der Waals surface area contributed by atoms with Crippen molar-refractivity contribution in [3.63, 3.8) is 0 Å². The van der Waals surface area contributed by atoms with Crippen molar-refractivity contribution < 1.29 is 18.8 Å². The van der Waals surface area contributed by atoms with Gasteiger partial charge in [-0.25, -0.2) is 0 Å². The highest BCUT2D eigenvalue weighted by Crippen LogP contribution is 2.78. The van der Waals surface area contributed by atoms with Gasteiger partial charge in [0.2, 0.25) is 17.6 Å². The summed E-state index contributed by atoms with van der Waals surface area (Å²) in [7, 11) is 0.